The van der Waals surface area contributed by atoms with Gasteiger partial charge in [0.2, 0.25) is 0 Å². The standard InChI is InChI=1S/C19H22N2O2S/c1-24(23)18-8-6-16(7-9-18)19(22)20-11-13-21-12-10-15-4-2-3-5-17(15)14-21/h2-9H,10-14H2,1H3,(H,20,22). The van der Waals surface area contributed by atoms with Crippen molar-refractivity contribution >= 4 is 16.7 Å². The fourth-order valence-corrected chi connectivity index (χ4v) is 3.49. The molecule has 1 heterocycles. The number of nitrogens with one attached hydrogen (secondary N) is 1. The van der Waals surface area contributed by atoms with Gasteiger partial charge in [-0.25, -0.2) is 0 Å². The molecule has 1 N–H and O–H groups in total. The van der Waals surface area contributed by atoms with Crippen LogP contribution in [0.15, 0.2) is 53.4 Å². The van der Waals surface area contributed by atoms with E-state index in [2.05, 4.69) is 34.5 Å². The third-order valence-corrected chi connectivity index (χ3v) is 5.31. The lowest BCUT2D eigenvalue weighted by Crippen LogP contribution is -2.37. The smallest absolute Gasteiger partial charge is 0.251 e. The quantitative estimate of drug-likeness (QED) is 0.906. The third kappa shape index (κ3) is 4.10. The second-order valence-electron chi connectivity index (χ2n) is 6.03. The molecule has 3 rings (SSSR count). The molecule has 2 aromatic rings. The Hall–Kier alpha value is -1.98. The molecule has 1 unspecified atom stereocenters. The van der Waals surface area contributed by atoms with Gasteiger partial charge in [0.15, 0.2) is 0 Å². The van der Waals surface area contributed by atoms with Crippen molar-refractivity contribution in [1.82, 2.24) is 10.2 Å². The minimum atomic E-state index is -1.02. The summed E-state index contributed by atoms with van der Waals surface area (Å²) in [6.45, 7) is 3.45. The van der Waals surface area contributed by atoms with E-state index in [-0.39, 0.29) is 5.91 Å². The molecular weight excluding hydrogens is 320 g/mol. The fraction of sp³-hybridized carbons (Fsp3) is 0.316. The maximum absolute atomic E-state index is 12.2. The molecule has 24 heavy (non-hydrogen) atoms. The van der Waals surface area contributed by atoms with Crippen molar-refractivity contribution in [3.05, 3.63) is 65.2 Å². The maximum atomic E-state index is 12.2. The Morgan fingerprint density at radius 3 is 2.54 bits per heavy atom. The first-order valence-corrected chi connectivity index (χ1v) is 9.70. The Balaban J connectivity index is 1.48. The van der Waals surface area contributed by atoms with E-state index in [4.69, 9.17) is 0 Å². The molecule has 4 nitrogen and oxygen atoms in total. The molecular formula is C19H22N2O2S. The first kappa shape index (κ1) is 16.9. The number of hydrogen-bond donors (Lipinski definition) is 1. The number of rotatable bonds is 5. The lowest BCUT2D eigenvalue weighted by Gasteiger charge is -2.28. The van der Waals surface area contributed by atoms with E-state index in [9.17, 15) is 9.00 Å². The molecule has 0 aromatic heterocycles. The lowest BCUT2D eigenvalue weighted by atomic mass is 10.00. The molecule has 1 aliphatic rings. The number of carbonyl (C=O) groups excluding carboxylic acids is 1. The first-order valence-electron chi connectivity index (χ1n) is 8.14. The highest BCUT2D eigenvalue weighted by atomic mass is 32.2. The molecule has 0 radical (unpaired) electrons. The van der Waals surface area contributed by atoms with E-state index in [1.165, 1.54) is 11.1 Å². The Labute approximate surface area is 145 Å². The molecule has 0 bridgehead atoms. The predicted molar refractivity (Wildman–Crippen MR) is 96.5 cm³/mol. The number of amides is 1. The summed E-state index contributed by atoms with van der Waals surface area (Å²) in [5, 5.41) is 2.96. The summed E-state index contributed by atoms with van der Waals surface area (Å²) in [4.78, 5) is 15.3. The van der Waals surface area contributed by atoms with Crippen LogP contribution in [0.25, 0.3) is 0 Å². The summed E-state index contributed by atoms with van der Waals surface area (Å²) in [5.74, 6) is -0.0826. The van der Waals surface area contributed by atoms with Crippen molar-refractivity contribution in [2.45, 2.75) is 17.9 Å². The van der Waals surface area contributed by atoms with Gasteiger partial charge in [-0.1, -0.05) is 24.3 Å². The third-order valence-electron chi connectivity index (χ3n) is 4.37. The van der Waals surface area contributed by atoms with Crippen LogP contribution < -0.4 is 5.32 Å². The van der Waals surface area contributed by atoms with Crippen molar-refractivity contribution in [2.24, 2.45) is 0 Å². The van der Waals surface area contributed by atoms with E-state index >= 15 is 0 Å². The van der Waals surface area contributed by atoms with E-state index in [1.54, 1.807) is 30.5 Å². The van der Waals surface area contributed by atoms with Crippen molar-refractivity contribution in [2.75, 3.05) is 25.9 Å². The second-order valence-corrected chi connectivity index (χ2v) is 7.41. The van der Waals surface area contributed by atoms with Crippen molar-refractivity contribution < 1.29 is 9.00 Å². The molecule has 0 aliphatic carbocycles. The number of fused-ring (bicyclic) bond motifs is 1. The maximum Gasteiger partial charge on any atom is 0.251 e. The van der Waals surface area contributed by atoms with Crippen molar-refractivity contribution in [1.29, 1.82) is 0 Å². The minimum Gasteiger partial charge on any atom is -0.351 e. The van der Waals surface area contributed by atoms with Gasteiger partial charge < -0.3 is 5.32 Å². The average Bonchev–Trinajstić information content (AvgIpc) is 2.61. The van der Waals surface area contributed by atoms with Crippen LogP contribution in [-0.4, -0.2) is 40.9 Å². The summed E-state index contributed by atoms with van der Waals surface area (Å²) < 4.78 is 11.4. The summed E-state index contributed by atoms with van der Waals surface area (Å²) in [5.41, 5.74) is 3.43. The number of nitrogens with zero attached hydrogens (tertiary/aromatic N) is 1. The highest BCUT2D eigenvalue weighted by Gasteiger charge is 2.15. The van der Waals surface area contributed by atoms with Crippen LogP contribution in [0.5, 0.6) is 0 Å². The largest absolute Gasteiger partial charge is 0.351 e. The monoisotopic (exact) mass is 342 g/mol. The van der Waals surface area contributed by atoms with Crippen LogP contribution in [0.2, 0.25) is 0 Å². The average molecular weight is 342 g/mol. The van der Waals surface area contributed by atoms with Gasteiger partial charge in [-0.05, 0) is 41.8 Å². The predicted octanol–water partition coefficient (Wildman–Crippen LogP) is 2.21. The van der Waals surface area contributed by atoms with Crippen LogP contribution in [0.1, 0.15) is 21.5 Å². The van der Waals surface area contributed by atoms with Crippen LogP contribution in [-0.2, 0) is 23.8 Å². The van der Waals surface area contributed by atoms with Crippen molar-refractivity contribution in [3.8, 4) is 0 Å². The first-order chi connectivity index (χ1) is 11.6. The van der Waals surface area contributed by atoms with Gasteiger partial charge in [-0.15, -0.1) is 0 Å². The normalized spacial score (nSPS) is 15.5. The van der Waals surface area contributed by atoms with Crippen molar-refractivity contribution in [3.63, 3.8) is 0 Å². The molecule has 1 aliphatic heterocycles. The molecule has 126 valence electrons. The van der Waals surface area contributed by atoms with Gasteiger partial charge in [0, 0.05) is 53.7 Å². The van der Waals surface area contributed by atoms with E-state index < -0.39 is 10.8 Å². The van der Waals surface area contributed by atoms with Crippen LogP contribution in [0, 0.1) is 0 Å². The summed E-state index contributed by atoms with van der Waals surface area (Å²) in [7, 11) is -1.02. The zero-order valence-corrected chi connectivity index (χ0v) is 14.6. The van der Waals surface area contributed by atoms with E-state index in [0.717, 1.165) is 31.0 Å². The van der Waals surface area contributed by atoms with E-state index in [0.29, 0.717) is 12.1 Å². The highest BCUT2D eigenvalue weighted by Crippen LogP contribution is 2.17. The molecule has 1 amide bonds. The van der Waals surface area contributed by atoms with Gasteiger partial charge in [0.1, 0.15) is 0 Å². The topological polar surface area (TPSA) is 49.4 Å². The van der Waals surface area contributed by atoms with Gasteiger partial charge in [0.05, 0.1) is 0 Å². The zero-order chi connectivity index (χ0) is 16.9. The molecule has 0 fully saturated rings. The van der Waals surface area contributed by atoms with Gasteiger partial charge in [-0.3, -0.25) is 13.9 Å². The van der Waals surface area contributed by atoms with Crippen LogP contribution in [0.4, 0.5) is 0 Å². The van der Waals surface area contributed by atoms with Gasteiger partial charge in [0.25, 0.3) is 5.91 Å². The lowest BCUT2D eigenvalue weighted by molar-refractivity contribution is 0.0947. The Kier molecular flexibility index (Phi) is 5.43. The van der Waals surface area contributed by atoms with Gasteiger partial charge in [-0.2, -0.15) is 0 Å². The fourth-order valence-electron chi connectivity index (χ4n) is 2.97. The minimum absolute atomic E-state index is 0.0826. The molecule has 5 heteroatoms. The zero-order valence-electron chi connectivity index (χ0n) is 13.8. The van der Waals surface area contributed by atoms with Gasteiger partial charge >= 0.3 is 0 Å². The summed E-state index contributed by atoms with van der Waals surface area (Å²) in [6, 6.07) is 15.5. The summed E-state index contributed by atoms with van der Waals surface area (Å²) in [6.07, 6.45) is 2.70. The summed E-state index contributed by atoms with van der Waals surface area (Å²) >= 11 is 0. The SMILES string of the molecule is CS(=O)c1ccc(C(=O)NCCN2CCc3ccccc3C2)cc1. The molecule has 0 spiro atoms. The number of carbonyl (C=O) groups is 1. The molecule has 0 saturated carbocycles. The molecule has 2 aromatic carbocycles. The molecule has 1 atom stereocenters. The Morgan fingerprint density at radius 2 is 1.83 bits per heavy atom. The second kappa shape index (κ2) is 7.73. The number of hydrogen-bond acceptors (Lipinski definition) is 3. The van der Waals surface area contributed by atoms with E-state index in [1.807, 2.05) is 0 Å². The molecule has 0 saturated heterocycles. The number of benzene rings is 2. The van der Waals surface area contributed by atoms with Crippen LogP contribution in [0.3, 0.4) is 0 Å². The Bertz CT molecular complexity index is 743. The van der Waals surface area contributed by atoms with Crippen LogP contribution >= 0.6 is 0 Å². The Morgan fingerprint density at radius 1 is 1.12 bits per heavy atom. The highest BCUT2D eigenvalue weighted by molar-refractivity contribution is 7.84.